The van der Waals surface area contributed by atoms with Crippen molar-refractivity contribution in [2.45, 2.75) is 32.4 Å². The molecule has 1 aromatic carbocycles. The lowest BCUT2D eigenvalue weighted by Gasteiger charge is -2.11. The number of carbonyl (C=O) groups excluding carboxylic acids is 1. The predicted octanol–water partition coefficient (Wildman–Crippen LogP) is 4.32. The Morgan fingerprint density at radius 1 is 1.22 bits per heavy atom. The van der Waals surface area contributed by atoms with Crippen LogP contribution in [0.2, 0.25) is 0 Å². The van der Waals surface area contributed by atoms with E-state index < -0.39 is 11.6 Å². The van der Waals surface area contributed by atoms with E-state index in [2.05, 4.69) is 13.8 Å². The van der Waals surface area contributed by atoms with Crippen LogP contribution in [-0.4, -0.2) is 16.8 Å². The maximum atomic E-state index is 13.0. The average Bonchev–Trinajstić information content (AvgIpc) is 2.31. The Balaban J connectivity index is 2.60. The van der Waals surface area contributed by atoms with Gasteiger partial charge in [0.05, 0.1) is 5.25 Å². The largest absolute Gasteiger partial charge is 0.293 e. The first-order valence-corrected chi connectivity index (χ1v) is 7.07. The van der Waals surface area contributed by atoms with Gasteiger partial charge in [0.25, 0.3) is 0 Å². The van der Waals surface area contributed by atoms with Gasteiger partial charge in [-0.25, -0.2) is 8.78 Å². The second-order valence-electron chi connectivity index (χ2n) is 4.69. The zero-order chi connectivity index (χ0) is 13.7. The van der Waals surface area contributed by atoms with E-state index in [0.717, 1.165) is 24.3 Å². The molecule has 0 bridgehead atoms. The molecule has 0 heterocycles. The van der Waals surface area contributed by atoms with Gasteiger partial charge in [-0.05, 0) is 43.2 Å². The highest BCUT2D eigenvalue weighted by Gasteiger charge is 2.17. The van der Waals surface area contributed by atoms with Crippen molar-refractivity contribution in [1.82, 2.24) is 0 Å². The molecule has 0 saturated heterocycles. The van der Waals surface area contributed by atoms with Gasteiger partial charge < -0.3 is 0 Å². The Morgan fingerprint density at radius 3 is 2.44 bits per heavy atom. The lowest BCUT2D eigenvalue weighted by atomic mass is 10.1. The van der Waals surface area contributed by atoms with Crippen molar-refractivity contribution in [2.24, 2.45) is 5.92 Å². The minimum absolute atomic E-state index is 0.150. The molecular formula is C14H18F2OS. The molecule has 0 fully saturated rings. The molecule has 1 unspecified atom stereocenters. The van der Waals surface area contributed by atoms with Gasteiger partial charge in [0, 0.05) is 5.56 Å². The Morgan fingerprint density at radius 2 is 1.89 bits per heavy atom. The van der Waals surface area contributed by atoms with E-state index in [1.165, 1.54) is 6.07 Å². The SMILES string of the molecule is CC(C)CCSC(C)C(=O)c1ccc(F)c(F)c1. The van der Waals surface area contributed by atoms with E-state index in [1.54, 1.807) is 18.7 Å². The smallest absolute Gasteiger partial charge is 0.175 e. The summed E-state index contributed by atoms with van der Waals surface area (Å²) in [6.45, 7) is 6.05. The van der Waals surface area contributed by atoms with Gasteiger partial charge in [-0.2, -0.15) is 11.8 Å². The van der Waals surface area contributed by atoms with Crippen molar-refractivity contribution in [1.29, 1.82) is 0 Å². The maximum Gasteiger partial charge on any atom is 0.175 e. The molecule has 4 heteroatoms. The van der Waals surface area contributed by atoms with Crippen LogP contribution in [0, 0.1) is 17.6 Å². The van der Waals surface area contributed by atoms with Crippen molar-refractivity contribution < 1.29 is 13.6 Å². The van der Waals surface area contributed by atoms with E-state index in [1.807, 2.05) is 0 Å². The lowest BCUT2D eigenvalue weighted by Crippen LogP contribution is -2.15. The summed E-state index contributed by atoms with van der Waals surface area (Å²) in [5, 5.41) is -0.228. The van der Waals surface area contributed by atoms with Crippen molar-refractivity contribution in [2.75, 3.05) is 5.75 Å². The molecule has 1 atom stereocenters. The predicted molar refractivity (Wildman–Crippen MR) is 72.1 cm³/mol. The summed E-state index contributed by atoms with van der Waals surface area (Å²) in [5.41, 5.74) is 0.235. The van der Waals surface area contributed by atoms with Gasteiger partial charge in [-0.3, -0.25) is 4.79 Å². The number of Topliss-reactive ketones (excluding diaryl/α,β-unsaturated/α-hetero) is 1. The Hall–Kier alpha value is -0.900. The highest BCUT2D eigenvalue weighted by molar-refractivity contribution is 8.00. The molecule has 0 N–H and O–H groups in total. The van der Waals surface area contributed by atoms with Gasteiger partial charge in [0.15, 0.2) is 17.4 Å². The summed E-state index contributed by atoms with van der Waals surface area (Å²) in [5.74, 6) is -0.550. The van der Waals surface area contributed by atoms with Crippen LogP contribution in [0.1, 0.15) is 37.6 Å². The second kappa shape index (κ2) is 6.88. The number of ketones is 1. The van der Waals surface area contributed by atoms with Crippen LogP contribution in [0.25, 0.3) is 0 Å². The van der Waals surface area contributed by atoms with E-state index in [-0.39, 0.29) is 16.6 Å². The van der Waals surface area contributed by atoms with Crippen LogP contribution in [0.5, 0.6) is 0 Å². The topological polar surface area (TPSA) is 17.1 Å². The van der Waals surface area contributed by atoms with Gasteiger partial charge in [0.1, 0.15) is 0 Å². The summed E-state index contributed by atoms with van der Waals surface area (Å²) in [7, 11) is 0. The molecular weight excluding hydrogens is 254 g/mol. The van der Waals surface area contributed by atoms with Crippen LogP contribution in [0.15, 0.2) is 18.2 Å². The first-order chi connectivity index (χ1) is 8.41. The number of hydrogen-bond donors (Lipinski definition) is 0. The van der Waals surface area contributed by atoms with Crippen molar-refractivity contribution in [3.63, 3.8) is 0 Å². The second-order valence-corrected chi connectivity index (χ2v) is 6.14. The average molecular weight is 272 g/mol. The van der Waals surface area contributed by atoms with Gasteiger partial charge in [-0.1, -0.05) is 13.8 Å². The number of carbonyl (C=O) groups is 1. The van der Waals surface area contributed by atoms with Crippen molar-refractivity contribution in [3.8, 4) is 0 Å². The van der Waals surface area contributed by atoms with Crippen LogP contribution >= 0.6 is 11.8 Å². The summed E-state index contributed by atoms with van der Waals surface area (Å²) >= 11 is 1.55. The first kappa shape index (κ1) is 15.2. The molecule has 0 aromatic heterocycles. The van der Waals surface area contributed by atoms with Gasteiger partial charge in [0.2, 0.25) is 0 Å². The fourth-order valence-corrected chi connectivity index (χ4v) is 2.69. The Labute approximate surface area is 111 Å². The molecule has 1 rings (SSSR count). The number of benzene rings is 1. The monoisotopic (exact) mass is 272 g/mol. The zero-order valence-electron chi connectivity index (χ0n) is 10.9. The molecule has 0 radical (unpaired) electrons. The first-order valence-electron chi connectivity index (χ1n) is 6.02. The molecule has 1 aromatic rings. The quantitative estimate of drug-likeness (QED) is 0.718. The summed E-state index contributed by atoms with van der Waals surface area (Å²) in [6, 6.07) is 3.30. The highest BCUT2D eigenvalue weighted by atomic mass is 32.2. The molecule has 0 aliphatic rings. The lowest BCUT2D eigenvalue weighted by molar-refractivity contribution is 0.0993. The van der Waals surface area contributed by atoms with E-state index >= 15 is 0 Å². The third kappa shape index (κ3) is 4.41. The number of thioether (sulfide) groups is 1. The Kier molecular flexibility index (Phi) is 5.79. The minimum atomic E-state index is -0.972. The molecule has 18 heavy (non-hydrogen) atoms. The highest BCUT2D eigenvalue weighted by Crippen LogP contribution is 2.20. The minimum Gasteiger partial charge on any atom is -0.293 e. The van der Waals surface area contributed by atoms with E-state index in [0.29, 0.717) is 5.92 Å². The fraction of sp³-hybridized carbons (Fsp3) is 0.500. The van der Waals surface area contributed by atoms with E-state index in [9.17, 15) is 13.6 Å². The van der Waals surface area contributed by atoms with Crippen LogP contribution < -0.4 is 0 Å². The molecule has 0 aliphatic carbocycles. The van der Waals surface area contributed by atoms with Crippen LogP contribution in [0.4, 0.5) is 8.78 Å². The zero-order valence-corrected chi connectivity index (χ0v) is 11.7. The molecule has 1 nitrogen and oxygen atoms in total. The van der Waals surface area contributed by atoms with Gasteiger partial charge in [-0.15, -0.1) is 0 Å². The molecule has 100 valence electrons. The molecule has 0 aliphatic heterocycles. The van der Waals surface area contributed by atoms with Crippen molar-refractivity contribution in [3.05, 3.63) is 35.4 Å². The summed E-state index contributed by atoms with van der Waals surface area (Å²) in [4.78, 5) is 12.0. The maximum absolute atomic E-state index is 13.0. The van der Waals surface area contributed by atoms with Crippen LogP contribution in [0.3, 0.4) is 0 Å². The molecule has 0 saturated carbocycles. The third-order valence-corrected chi connectivity index (χ3v) is 3.82. The summed E-state index contributed by atoms with van der Waals surface area (Å²) < 4.78 is 25.8. The van der Waals surface area contributed by atoms with E-state index in [4.69, 9.17) is 0 Å². The molecule has 0 amide bonds. The number of hydrogen-bond acceptors (Lipinski definition) is 2. The van der Waals surface area contributed by atoms with Crippen molar-refractivity contribution >= 4 is 17.5 Å². The Bertz CT molecular complexity index is 418. The standard InChI is InChI=1S/C14H18F2OS/c1-9(2)6-7-18-10(3)14(17)11-4-5-12(15)13(16)8-11/h4-5,8-10H,6-7H2,1-3H3. The fourth-order valence-electron chi connectivity index (χ4n) is 1.44. The van der Waals surface area contributed by atoms with Gasteiger partial charge >= 0.3 is 0 Å². The number of rotatable bonds is 6. The summed E-state index contributed by atoms with van der Waals surface area (Å²) in [6.07, 6.45) is 1.04. The normalized spacial score (nSPS) is 12.8. The van der Waals surface area contributed by atoms with Crippen LogP contribution in [-0.2, 0) is 0 Å². The number of halogens is 2. The molecule has 0 spiro atoms. The third-order valence-electron chi connectivity index (χ3n) is 2.64.